The molecule has 15 heavy (non-hydrogen) atoms. The number of carbonyl (C=O) groups is 1. The van der Waals surface area contributed by atoms with Gasteiger partial charge in [0.25, 0.3) is 5.91 Å². The molecule has 5 heteroatoms. The Labute approximate surface area is 91.5 Å². The van der Waals surface area contributed by atoms with Crippen molar-refractivity contribution in [3.8, 4) is 0 Å². The number of likely N-dealkylation sites (tertiary alicyclic amines) is 1. The van der Waals surface area contributed by atoms with E-state index >= 15 is 0 Å². The molecule has 2 aliphatic rings. The molecule has 2 heterocycles. The molecular formula is C10H12N2O2S. The maximum Gasteiger partial charge on any atom is 0.273 e. The fourth-order valence-corrected chi connectivity index (χ4v) is 2.64. The molecule has 0 radical (unpaired) electrons. The van der Waals surface area contributed by atoms with Gasteiger partial charge in [-0.25, -0.2) is 4.98 Å². The molecule has 1 saturated carbocycles. The monoisotopic (exact) mass is 224 g/mol. The van der Waals surface area contributed by atoms with Crippen LogP contribution in [-0.4, -0.2) is 39.6 Å². The van der Waals surface area contributed by atoms with Crippen molar-refractivity contribution in [1.82, 2.24) is 9.88 Å². The molecule has 1 N–H and O–H groups in total. The predicted molar refractivity (Wildman–Crippen MR) is 55.7 cm³/mol. The molecule has 1 aliphatic heterocycles. The molecule has 1 aliphatic carbocycles. The lowest BCUT2D eigenvalue weighted by Crippen LogP contribution is -2.64. The highest BCUT2D eigenvalue weighted by molar-refractivity contribution is 7.07. The van der Waals surface area contributed by atoms with E-state index in [4.69, 9.17) is 0 Å². The summed E-state index contributed by atoms with van der Waals surface area (Å²) in [6.45, 7) is 0.960. The summed E-state index contributed by atoms with van der Waals surface area (Å²) in [5.41, 5.74) is 1.56. The van der Waals surface area contributed by atoms with Crippen LogP contribution in [0.1, 0.15) is 23.3 Å². The van der Waals surface area contributed by atoms with E-state index < -0.39 is 5.60 Å². The molecule has 1 saturated heterocycles. The van der Waals surface area contributed by atoms with E-state index in [0.717, 1.165) is 12.8 Å². The highest BCUT2D eigenvalue weighted by Gasteiger charge is 2.53. The normalized spacial score (nSPS) is 23.7. The summed E-state index contributed by atoms with van der Waals surface area (Å²) in [6.07, 6.45) is 2.21. The quantitative estimate of drug-likeness (QED) is 0.806. The van der Waals surface area contributed by atoms with Crippen LogP contribution in [-0.2, 0) is 0 Å². The molecular weight excluding hydrogens is 212 g/mol. The van der Waals surface area contributed by atoms with Crippen molar-refractivity contribution in [3.63, 3.8) is 0 Å². The number of nitrogens with zero attached hydrogens (tertiary/aromatic N) is 2. The van der Waals surface area contributed by atoms with Gasteiger partial charge in [0.2, 0.25) is 0 Å². The highest BCUT2D eigenvalue weighted by Crippen LogP contribution is 2.44. The van der Waals surface area contributed by atoms with E-state index in [1.807, 2.05) is 0 Å². The van der Waals surface area contributed by atoms with Crippen LogP contribution in [0.4, 0.5) is 0 Å². The van der Waals surface area contributed by atoms with Crippen molar-refractivity contribution in [2.45, 2.75) is 18.4 Å². The Hall–Kier alpha value is -0.940. The number of aromatic nitrogens is 1. The number of hydrogen-bond acceptors (Lipinski definition) is 4. The van der Waals surface area contributed by atoms with E-state index in [-0.39, 0.29) is 5.91 Å². The van der Waals surface area contributed by atoms with Crippen LogP contribution in [0.15, 0.2) is 10.9 Å². The van der Waals surface area contributed by atoms with Crippen molar-refractivity contribution in [3.05, 3.63) is 16.6 Å². The first-order valence-electron chi connectivity index (χ1n) is 5.09. The minimum Gasteiger partial charge on any atom is -0.386 e. The summed E-state index contributed by atoms with van der Waals surface area (Å²) in [4.78, 5) is 17.4. The molecule has 0 spiro atoms. The molecule has 1 aromatic heterocycles. The van der Waals surface area contributed by atoms with Crippen molar-refractivity contribution in [2.24, 2.45) is 5.92 Å². The third-order valence-corrected chi connectivity index (χ3v) is 3.79. The molecule has 1 amide bonds. The molecule has 1 aromatic rings. The van der Waals surface area contributed by atoms with E-state index in [1.165, 1.54) is 11.3 Å². The van der Waals surface area contributed by atoms with Gasteiger partial charge in [-0.15, -0.1) is 11.3 Å². The average molecular weight is 224 g/mol. The summed E-state index contributed by atoms with van der Waals surface area (Å²) in [7, 11) is 0. The minimum atomic E-state index is -0.592. The molecule has 2 fully saturated rings. The van der Waals surface area contributed by atoms with E-state index in [0.29, 0.717) is 24.7 Å². The van der Waals surface area contributed by atoms with Crippen LogP contribution >= 0.6 is 11.3 Å². The second-order valence-electron chi connectivity index (χ2n) is 4.41. The van der Waals surface area contributed by atoms with Crippen LogP contribution in [0.5, 0.6) is 0 Å². The number of aliphatic hydroxyl groups is 1. The van der Waals surface area contributed by atoms with E-state index in [1.54, 1.807) is 15.8 Å². The van der Waals surface area contributed by atoms with Crippen LogP contribution in [0.3, 0.4) is 0 Å². The third-order valence-electron chi connectivity index (χ3n) is 3.21. The Morgan fingerprint density at radius 1 is 1.60 bits per heavy atom. The number of thiazole rings is 1. The van der Waals surface area contributed by atoms with Gasteiger partial charge in [-0.1, -0.05) is 0 Å². The van der Waals surface area contributed by atoms with E-state index in [2.05, 4.69) is 4.98 Å². The molecule has 80 valence electrons. The number of rotatable bonds is 2. The fourth-order valence-electron chi connectivity index (χ4n) is 2.12. The molecule has 0 atom stereocenters. The largest absolute Gasteiger partial charge is 0.386 e. The van der Waals surface area contributed by atoms with Crippen LogP contribution in [0, 0.1) is 5.92 Å². The zero-order valence-corrected chi connectivity index (χ0v) is 9.04. The van der Waals surface area contributed by atoms with Crippen molar-refractivity contribution in [2.75, 3.05) is 13.1 Å². The summed E-state index contributed by atoms with van der Waals surface area (Å²) in [5, 5.41) is 11.8. The molecule has 3 rings (SSSR count). The lowest BCUT2D eigenvalue weighted by molar-refractivity contribution is -0.0959. The van der Waals surface area contributed by atoms with Gasteiger partial charge in [-0.2, -0.15) is 0 Å². The lowest BCUT2D eigenvalue weighted by atomic mass is 9.88. The first-order chi connectivity index (χ1) is 7.19. The number of amides is 1. The average Bonchev–Trinajstić information content (AvgIpc) is 2.89. The first-order valence-corrected chi connectivity index (χ1v) is 6.03. The zero-order chi connectivity index (χ0) is 10.5. The maximum absolute atomic E-state index is 11.8. The van der Waals surface area contributed by atoms with Crippen molar-refractivity contribution < 1.29 is 9.90 Å². The van der Waals surface area contributed by atoms with Crippen molar-refractivity contribution >= 4 is 17.2 Å². The second-order valence-corrected chi connectivity index (χ2v) is 5.13. The molecule has 4 nitrogen and oxygen atoms in total. The Morgan fingerprint density at radius 3 is 2.87 bits per heavy atom. The van der Waals surface area contributed by atoms with Gasteiger partial charge < -0.3 is 10.0 Å². The molecule has 0 aromatic carbocycles. The standard InChI is InChI=1S/C10H12N2O2S/c13-9(8-3-15-6-11-8)12-4-10(14,5-12)7-1-2-7/h3,6-7,14H,1-2,4-5H2. The number of carbonyl (C=O) groups excluding carboxylic acids is 1. The Kier molecular flexibility index (Phi) is 1.87. The minimum absolute atomic E-state index is 0.0541. The van der Waals surface area contributed by atoms with Gasteiger partial charge in [0.1, 0.15) is 11.3 Å². The maximum atomic E-state index is 11.8. The van der Waals surface area contributed by atoms with Gasteiger partial charge in [0.15, 0.2) is 0 Å². The van der Waals surface area contributed by atoms with Gasteiger partial charge in [-0.3, -0.25) is 4.79 Å². The van der Waals surface area contributed by atoms with Gasteiger partial charge in [-0.05, 0) is 18.8 Å². The first kappa shape index (κ1) is 9.30. The van der Waals surface area contributed by atoms with Gasteiger partial charge in [0, 0.05) is 5.38 Å². The second kappa shape index (κ2) is 3.02. The van der Waals surface area contributed by atoms with Crippen LogP contribution < -0.4 is 0 Å². The Balaban J connectivity index is 1.65. The van der Waals surface area contributed by atoms with Crippen LogP contribution in [0.25, 0.3) is 0 Å². The van der Waals surface area contributed by atoms with Crippen molar-refractivity contribution in [1.29, 1.82) is 0 Å². The van der Waals surface area contributed by atoms with Gasteiger partial charge >= 0.3 is 0 Å². The van der Waals surface area contributed by atoms with E-state index in [9.17, 15) is 9.90 Å². The topological polar surface area (TPSA) is 53.4 Å². The smallest absolute Gasteiger partial charge is 0.273 e. The fraction of sp³-hybridized carbons (Fsp3) is 0.600. The van der Waals surface area contributed by atoms with Crippen LogP contribution in [0.2, 0.25) is 0 Å². The predicted octanol–water partition coefficient (Wildman–Crippen LogP) is 0.740. The zero-order valence-electron chi connectivity index (χ0n) is 8.22. The summed E-state index contributed by atoms with van der Waals surface area (Å²) >= 11 is 1.42. The number of hydrogen-bond donors (Lipinski definition) is 1. The summed E-state index contributed by atoms with van der Waals surface area (Å²) < 4.78 is 0. The third kappa shape index (κ3) is 1.46. The SMILES string of the molecule is O=C(c1cscn1)N1CC(O)(C2CC2)C1. The number of β-amino-alcohol motifs (C(OH)–C–C–N with tert-alkyl or cyclic N) is 1. The molecule has 0 unspecified atom stereocenters. The molecule has 0 bridgehead atoms. The van der Waals surface area contributed by atoms with Gasteiger partial charge in [0.05, 0.1) is 18.6 Å². The Morgan fingerprint density at radius 2 is 2.33 bits per heavy atom. The summed E-state index contributed by atoms with van der Waals surface area (Å²) in [6, 6.07) is 0. The lowest BCUT2D eigenvalue weighted by Gasteiger charge is -2.46. The Bertz CT molecular complexity index is 380. The highest BCUT2D eigenvalue weighted by atomic mass is 32.1. The summed E-state index contributed by atoms with van der Waals surface area (Å²) in [5.74, 6) is 0.374.